The number of amides is 1. The molecule has 2 rings (SSSR count). The van der Waals surface area contributed by atoms with E-state index in [0.29, 0.717) is 12.0 Å². The predicted molar refractivity (Wildman–Crippen MR) is 59.4 cm³/mol. The minimum absolute atomic E-state index is 0.189. The van der Waals surface area contributed by atoms with Crippen molar-refractivity contribution in [3.8, 4) is 0 Å². The van der Waals surface area contributed by atoms with Gasteiger partial charge in [0.05, 0.1) is 6.54 Å². The molecular weight excluding hydrogens is 207 g/mol. The molecule has 0 aliphatic heterocycles. The Hall–Kier alpha value is -1.42. The van der Waals surface area contributed by atoms with Crippen LogP contribution in [-0.4, -0.2) is 18.5 Å². The number of hydrogen-bond donors (Lipinski definition) is 2. The highest BCUT2D eigenvalue weighted by Crippen LogP contribution is 2.36. The molecule has 0 bridgehead atoms. The van der Waals surface area contributed by atoms with E-state index in [-0.39, 0.29) is 18.3 Å². The zero-order chi connectivity index (χ0) is 11.5. The van der Waals surface area contributed by atoms with Crippen LogP contribution in [-0.2, 0) is 4.79 Å². The minimum Gasteiger partial charge on any atom is -0.369 e. The molecule has 86 valence electrons. The summed E-state index contributed by atoms with van der Waals surface area (Å²) in [4.78, 5) is 10.6. The van der Waals surface area contributed by atoms with Gasteiger partial charge in [-0.2, -0.15) is 0 Å². The predicted octanol–water partition coefficient (Wildman–Crippen LogP) is 1.15. The van der Waals surface area contributed by atoms with E-state index in [1.54, 1.807) is 12.1 Å². The van der Waals surface area contributed by atoms with Gasteiger partial charge < -0.3 is 11.1 Å². The van der Waals surface area contributed by atoms with Crippen LogP contribution in [0.1, 0.15) is 24.3 Å². The van der Waals surface area contributed by atoms with Crippen molar-refractivity contribution in [2.45, 2.75) is 24.8 Å². The van der Waals surface area contributed by atoms with E-state index < -0.39 is 0 Å². The number of nitrogens with one attached hydrogen (secondary N) is 1. The first kappa shape index (κ1) is 11.1. The average molecular weight is 222 g/mol. The highest BCUT2D eigenvalue weighted by molar-refractivity contribution is 5.75. The van der Waals surface area contributed by atoms with Gasteiger partial charge in [0.1, 0.15) is 5.82 Å². The Kier molecular flexibility index (Phi) is 3.19. The molecule has 1 saturated carbocycles. The van der Waals surface area contributed by atoms with Crippen molar-refractivity contribution in [2.24, 2.45) is 5.73 Å². The van der Waals surface area contributed by atoms with Gasteiger partial charge in [-0.1, -0.05) is 12.1 Å². The van der Waals surface area contributed by atoms with Gasteiger partial charge in [-0.05, 0) is 36.5 Å². The summed E-state index contributed by atoms with van der Waals surface area (Å²) in [5.41, 5.74) is 6.07. The van der Waals surface area contributed by atoms with Crippen molar-refractivity contribution in [3.63, 3.8) is 0 Å². The fourth-order valence-corrected chi connectivity index (χ4v) is 2.06. The molecule has 0 heterocycles. The minimum atomic E-state index is -0.339. The van der Waals surface area contributed by atoms with Gasteiger partial charge in [-0.15, -0.1) is 0 Å². The molecule has 3 N–H and O–H groups in total. The molecule has 4 heteroatoms. The van der Waals surface area contributed by atoms with Crippen LogP contribution in [0.2, 0.25) is 0 Å². The van der Waals surface area contributed by atoms with Crippen molar-refractivity contribution < 1.29 is 9.18 Å². The van der Waals surface area contributed by atoms with Crippen molar-refractivity contribution in [1.82, 2.24) is 5.32 Å². The van der Waals surface area contributed by atoms with E-state index in [4.69, 9.17) is 5.73 Å². The Bertz CT molecular complexity index is 388. The summed E-state index contributed by atoms with van der Waals surface area (Å²) < 4.78 is 13.0. The number of hydrogen-bond acceptors (Lipinski definition) is 2. The molecule has 0 unspecified atom stereocenters. The van der Waals surface area contributed by atoms with Crippen LogP contribution in [0, 0.1) is 5.82 Å². The summed E-state index contributed by atoms with van der Waals surface area (Å²) >= 11 is 0. The lowest BCUT2D eigenvalue weighted by molar-refractivity contribution is -0.117. The maximum Gasteiger partial charge on any atom is 0.231 e. The normalized spacial score (nSPS) is 23.8. The average Bonchev–Trinajstić information content (AvgIpc) is 2.14. The summed E-state index contributed by atoms with van der Waals surface area (Å²) in [6, 6.07) is 7.04. The molecule has 0 radical (unpaired) electrons. The molecule has 0 spiro atoms. The smallest absolute Gasteiger partial charge is 0.231 e. The summed E-state index contributed by atoms with van der Waals surface area (Å²) in [5, 5.41) is 3.06. The second kappa shape index (κ2) is 4.61. The lowest BCUT2D eigenvalue weighted by atomic mass is 9.76. The molecule has 1 aromatic rings. The largest absolute Gasteiger partial charge is 0.369 e. The highest BCUT2D eigenvalue weighted by atomic mass is 19.1. The van der Waals surface area contributed by atoms with Gasteiger partial charge in [-0.3, -0.25) is 4.79 Å². The van der Waals surface area contributed by atoms with Gasteiger partial charge in [0.2, 0.25) is 5.91 Å². The van der Waals surface area contributed by atoms with Crippen molar-refractivity contribution >= 4 is 5.91 Å². The number of primary amides is 1. The zero-order valence-electron chi connectivity index (χ0n) is 8.95. The summed E-state index contributed by atoms with van der Waals surface area (Å²) in [5.74, 6) is -0.124. The lowest BCUT2D eigenvalue weighted by Crippen LogP contribution is -2.43. The molecule has 0 aromatic heterocycles. The SMILES string of the molecule is NC(=O)CNC1CC(c2cccc(F)c2)C1. The monoisotopic (exact) mass is 222 g/mol. The van der Waals surface area contributed by atoms with Crippen LogP contribution in [0.15, 0.2) is 24.3 Å². The topological polar surface area (TPSA) is 55.1 Å². The number of halogens is 1. The van der Waals surface area contributed by atoms with E-state index >= 15 is 0 Å². The number of carbonyl (C=O) groups excluding carboxylic acids is 1. The molecule has 16 heavy (non-hydrogen) atoms. The van der Waals surface area contributed by atoms with Crippen molar-refractivity contribution in [3.05, 3.63) is 35.6 Å². The van der Waals surface area contributed by atoms with Crippen LogP contribution >= 0.6 is 0 Å². The Labute approximate surface area is 93.8 Å². The zero-order valence-corrected chi connectivity index (χ0v) is 8.95. The van der Waals surface area contributed by atoms with E-state index in [9.17, 15) is 9.18 Å². The molecule has 1 aromatic carbocycles. The van der Waals surface area contributed by atoms with Crippen LogP contribution in [0.3, 0.4) is 0 Å². The molecule has 1 aliphatic rings. The number of nitrogens with two attached hydrogens (primary N) is 1. The Morgan fingerprint density at radius 2 is 2.25 bits per heavy atom. The van der Waals surface area contributed by atoms with E-state index in [1.807, 2.05) is 6.07 Å². The lowest BCUT2D eigenvalue weighted by Gasteiger charge is -2.36. The fourth-order valence-electron chi connectivity index (χ4n) is 2.06. The van der Waals surface area contributed by atoms with Crippen LogP contribution in [0.4, 0.5) is 4.39 Å². The van der Waals surface area contributed by atoms with E-state index in [0.717, 1.165) is 18.4 Å². The van der Waals surface area contributed by atoms with Gasteiger partial charge in [0.25, 0.3) is 0 Å². The van der Waals surface area contributed by atoms with Gasteiger partial charge >= 0.3 is 0 Å². The molecular formula is C12H15FN2O. The third-order valence-corrected chi connectivity index (χ3v) is 3.02. The number of rotatable bonds is 4. The third-order valence-electron chi connectivity index (χ3n) is 3.02. The summed E-state index contributed by atoms with van der Waals surface area (Å²) in [6.07, 6.45) is 1.88. The van der Waals surface area contributed by atoms with Crippen molar-refractivity contribution in [2.75, 3.05) is 6.54 Å². The molecule has 0 atom stereocenters. The van der Waals surface area contributed by atoms with Gasteiger partial charge in [0.15, 0.2) is 0 Å². The van der Waals surface area contributed by atoms with E-state index in [2.05, 4.69) is 5.32 Å². The molecule has 3 nitrogen and oxygen atoms in total. The molecule has 1 aliphatic carbocycles. The summed E-state index contributed by atoms with van der Waals surface area (Å²) in [6.45, 7) is 0.223. The van der Waals surface area contributed by atoms with Crippen molar-refractivity contribution in [1.29, 1.82) is 0 Å². The van der Waals surface area contributed by atoms with E-state index in [1.165, 1.54) is 6.07 Å². The van der Waals surface area contributed by atoms with Crippen LogP contribution in [0.5, 0.6) is 0 Å². The first-order valence-electron chi connectivity index (χ1n) is 5.42. The van der Waals surface area contributed by atoms with Gasteiger partial charge in [-0.25, -0.2) is 4.39 Å². The molecule has 0 saturated heterocycles. The maximum atomic E-state index is 13.0. The highest BCUT2D eigenvalue weighted by Gasteiger charge is 2.30. The molecule has 1 amide bonds. The molecule has 1 fully saturated rings. The summed E-state index contributed by atoms with van der Waals surface area (Å²) in [7, 11) is 0. The first-order valence-corrected chi connectivity index (χ1v) is 5.42. The maximum absolute atomic E-state index is 13.0. The standard InChI is InChI=1S/C12H15FN2O/c13-10-3-1-2-8(4-10)9-5-11(6-9)15-7-12(14)16/h1-4,9,11,15H,5-7H2,(H2,14,16). The number of carbonyl (C=O) groups is 1. The second-order valence-corrected chi connectivity index (χ2v) is 4.27. The van der Waals surface area contributed by atoms with Gasteiger partial charge in [0, 0.05) is 6.04 Å². The fraction of sp³-hybridized carbons (Fsp3) is 0.417. The van der Waals surface area contributed by atoms with Crippen LogP contribution in [0.25, 0.3) is 0 Å². The van der Waals surface area contributed by atoms with Crippen LogP contribution < -0.4 is 11.1 Å². The Morgan fingerprint density at radius 3 is 2.88 bits per heavy atom. The number of benzene rings is 1. The Morgan fingerprint density at radius 1 is 1.50 bits per heavy atom. The first-order chi connectivity index (χ1) is 7.65. The quantitative estimate of drug-likeness (QED) is 0.802. The second-order valence-electron chi connectivity index (χ2n) is 4.27. The Balaban J connectivity index is 1.82. The third kappa shape index (κ3) is 2.58.